The standard InChI is InChI=1S/C10H20O2/c1-3-6-10(2,11)8-9-5-4-7-12-9/h9,11H,3-8H2,1-2H3. The summed E-state index contributed by atoms with van der Waals surface area (Å²) in [5, 5.41) is 9.89. The zero-order chi connectivity index (χ0) is 9.03. The number of aliphatic hydroxyl groups is 1. The average molecular weight is 172 g/mol. The average Bonchev–Trinajstić information content (AvgIpc) is 2.38. The van der Waals surface area contributed by atoms with Crippen molar-refractivity contribution >= 4 is 0 Å². The molecular formula is C10H20O2. The summed E-state index contributed by atoms with van der Waals surface area (Å²) in [6.07, 6.45) is 5.33. The van der Waals surface area contributed by atoms with Gasteiger partial charge in [0.1, 0.15) is 0 Å². The lowest BCUT2D eigenvalue weighted by molar-refractivity contribution is -0.0125. The Labute approximate surface area is 74.9 Å². The van der Waals surface area contributed by atoms with Gasteiger partial charge in [0.05, 0.1) is 11.7 Å². The molecule has 0 radical (unpaired) electrons. The van der Waals surface area contributed by atoms with Crippen molar-refractivity contribution in [2.24, 2.45) is 0 Å². The van der Waals surface area contributed by atoms with E-state index in [0.717, 1.165) is 38.7 Å². The quantitative estimate of drug-likeness (QED) is 0.703. The van der Waals surface area contributed by atoms with E-state index in [1.54, 1.807) is 0 Å². The lowest BCUT2D eigenvalue weighted by Gasteiger charge is -2.25. The second kappa shape index (κ2) is 4.24. The van der Waals surface area contributed by atoms with E-state index in [1.807, 2.05) is 6.92 Å². The SMILES string of the molecule is CCCC(C)(O)CC1CCCO1. The van der Waals surface area contributed by atoms with Crippen LogP contribution in [0.3, 0.4) is 0 Å². The highest BCUT2D eigenvalue weighted by Crippen LogP contribution is 2.25. The van der Waals surface area contributed by atoms with Gasteiger partial charge < -0.3 is 9.84 Å². The van der Waals surface area contributed by atoms with Gasteiger partial charge in [-0.3, -0.25) is 0 Å². The van der Waals surface area contributed by atoms with E-state index in [-0.39, 0.29) is 0 Å². The highest BCUT2D eigenvalue weighted by atomic mass is 16.5. The number of hydrogen-bond acceptors (Lipinski definition) is 2. The summed E-state index contributed by atoms with van der Waals surface area (Å²) in [5.74, 6) is 0. The van der Waals surface area contributed by atoms with E-state index in [4.69, 9.17) is 4.74 Å². The fourth-order valence-electron chi connectivity index (χ4n) is 1.94. The Morgan fingerprint density at radius 2 is 2.33 bits per heavy atom. The highest BCUT2D eigenvalue weighted by molar-refractivity contribution is 4.78. The number of hydrogen-bond donors (Lipinski definition) is 1. The van der Waals surface area contributed by atoms with E-state index in [0.29, 0.717) is 6.10 Å². The van der Waals surface area contributed by atoms with E-state index in [2.05, 4.69) is 6.92 Å². The molecule has 0 aromatic carbocycles. The maximum absolute atomic E-state index is 9.89. The molecule has 2 heteroatoms. The van der Waals surface area contributed by atoms with E-state index < -0.39 is 5.60 Å². The van der Waals surface area contributed by atoms with Crippen molar-refractivity contribution in [2.75, 3.05) is 6.61 Å². The van der Waals surface area contributed by atoms with Crippen molar-refractivity contribution in [3.63, 3.8) is 0 Å². The zero-order valence-electron chi connectivity index (χ0n) is 8.18. The van der Waals surface area contributed by atoms with Gasteiger partial charge in [-0.05, 0) is 26.2 Å². The Morgan fingerprint density at radius 1 is 1.58 bits per heavy atom. The van der Waals surface area contributed by atoms with Crippen molar-refractivity contribution in [2.45, 2.75) is 57.7 Å². The van der Waals surface area contributed by atoms with Crippen LogP contribution < -0.4 is 0 Å². The number of rotatable bonds is 4. The molecule has 72 valence electrons. The summed E-state index contributed by atoms with van der Waals surface area (Å²) in [4.78, 5) is 0. The molecular weight excluding hydrogens is 152 g/mol. The minimum absolute atomic E-state index is 0.312. The van der Waals surface area contributed by atoms with Crippen LogP contribution >= 0.6 is 0 Å². The Morgan fingerprint density at radius 3 is 2.83 bits per heavy atom. The third kappa shape index (κ3) is 3.11. The molecule has 2 nitrogen and oxygen atoms in total. The minimum atomic E-state index is -0.510. The Bertz CT molecular complexity index is 126. The molecule has 1 fully saturated rings. The molecule has 0 aromatic heterocycles. The summed E-state index contributed by atoms with van der Waals surface area (Å²) in [5.41, 5.74) is -0.510. The lowest BCUT2D eigenvalue weighted by atomic mass is 9.92. The van der Waals surface area contributed by atoms with Gasteiger partial charge >= 0.3 is 0 Å². The van der Waals surface area contributed by atoms with Crippen molar-refractivity contribution in [3.05, 3.63) is 0 Å². The van der Waals surface area contributed by atoms with E-state index in [1.165, 1.54) is 0 Å². The van der Waals surface area contributed by atoms with Crippen LogP contribution in [0.4, 0.5) is 0 Å². The predicted molar refractivity (Wildman–Crippen MR) is 49.1 cm³/mol. The summed E-state index contributed by atoms with van der Waals surface area (Å²) in [6.45, 7) is 4.90. The first kappa shape index (κ1) is 10.0. The first-order chi connectivity index (χ1) is 5.64. The van der Waals surface area contributed by atoms with Gasteiger partial charge in [-0.2, -0.15) is 0 Å². The molecule has 0 aromatic rings. The van der Waals surface area contributed by atoms with Gasteiger partial charge in [0.2, 0.25) is 0 Å². The van der Waals surface area contributed by atoms with Gasteiger partial charge in [0.25, 0.3) is 0 Å². The van der Waals surface area contributed by atoms with Crippen molar-refractivity contribution in [1.29, 1.82) is 0 Å². The monoisotopic (exact) mass is 172 g/mol. The summed E-state index contributed by atoms with van der Waals surface area (Å²) in [6, 6.07) is 0. The summed E-state index contributed by atoms with van der Waals surface area (Å²) >= 11 is 0. The fourth-order valence-corrected chi connectivity index (χ4v) is 1.94. The van der Waals surface area contributed by atoms with Gasteiger partial charge in [-0.1, -0.05) is 13.3 Å². The van der Waals surface area contributed by atoms with Crippen LogP contribution in [0.15, 0.2) is 0 Å². The molecule has 0 amide bonds. The van der Waals surface area contributed by atoms with Crippen LogP contribution in [-0.4, -0.2) is 23.4 Å². The first-order valence-corrected chi connectivity index (χ1v) is 4.98. The minimum Gasteiger partial charge on any atom is -0.390 e. The van der Waals surface area contributed by atoms with Crippen LogP contribution in [0.5, 0.6) is 0 Å². The van der Waals surface area contributed by atoms with Gasteiger partial charge in [0.15, 0.2) is 0 Å². The molecule has 0 saturated carbocycles. The van der Waals surface area contributed by atoms with Gasteiger partial charge in [-0.15, -0.1) is 0 Å². The normalized spacial score (nSPS) is 28.8. The molecule has 1 saturated heterocycles. The largest absolute Gasteiger partial charge is 0.390 e. The molecule has 1 N–H and O–H groups in total. The fraction of sp³-hybridized carbons (Fsp3) is 1.00. The smallest absolute Gasteiger partial charge is 0.0644 e. The van der Waals surface area contributed by atoms with Crippen molar-refractivity contribution in [3.8, 4) is 0 Å². The van der Waals surface area contributed by atoms with Crippen LogP contribution in [0.1, 0.15) is 46.0 Å². The van der Waals surface area contributed by atoms with Crippen molar-refractivity contribution in [1.82, 2.24) is 0 Å². The molecule has 2 unspecified atom stereocenters. The van der Waals surface area contributed by atoms with E-state index in [9.17, 15) is 5.11 Å². The summed E-state index contributed by atoms with van der Waals surface area (Å²) < 4.78 is 5.48. The maximum atomic E-state index is 9.89. The van der Waals surface area contributed by atoms with Crippen molar-refractivity contribution < 1.29 is 9.84 Å². The number of ether oxygens (including phenoxy) is 1. The maximum Gasteiger partial charge on any atom is 0.0644 e. The van der Waals surface area contributed by atoms with Gasteiger partial charge in [-0.25, -0.2) is 0 Å². The second-order valence-corrected chi connectivity index (χ2v) is 4.09. The lowest BCUT2D eigenvalue weighted by Crippen LogP contribution is -2.29. The molecule has 1 aliphatic heterocycles. The molecule has 1 rings (SSSR count). The Kier molecular flexibility index (Phi) is 3.53. The van der Waals surface area contributed by atoms with Crippen LogP contribution in [0.2, 0.25) is 0 Å². The highest BCUT2D eigenvalue weighted by Gasteiger charge is 2.26. The Balaban J connectivity index is 2.27. The molecule has 0 bridgehead atoms. The third-order valence-corrected chi connectivity index (χ3v) is 2.48. The molecule has 12 heavy (non-hydrogen) atoms. The topological polar surface area (TPSA) is 29.5 Å². The summed E-state index contributed by atoms with van der Waals surface area (Å²) in [7, 11) is 0. The second-order valence-electron chi connectivity index (χ2n) is 4.09. The zero-order valence-corrected chi connectivity index (χ0v) is 8.18. The molecule has 1 aliphatic rings. The first-order valence-electron chi connectivity index (χ1n) is 4.98. The molecule has 2 atom stereocenters. The molecule has 1 heterocycles. The molecule has 0 aliphatic carbocycles. The van der Waals surface area contributed by atoms with E-state index >= 15 is 0 Å². The van der Waals surface area contributed by atoms with Crippen LogP contribution in [-0.2, 0) is 4.74 Å². The molecule has 0 spiro atoms. The Hall–Kier alpha value is -0.0800. The van der Waals surface area contributed by atoms with Crippen LogP contribution in [0.25, 0.3) is 0 Å². The van der Waals surface area contributed by atoms with Gasteiger partial charge in [0, 0.05) is 13.0 Å². The predicted octanol–water partition coefficient (Wildman–Crippen LogP) is 2.11. The third-order valence-electron chi connectivity index (χ3n) is 2.48. The van der Waals surface area contributed by atoms with Crippen LogP contribution in [0, 0.1) is 0 Å².